The normalized spacial score (nSPS) is 17.2. The first-order valence-electron chi connectivity index (χ1n) is 7.36. The van der Waals surface area contributed by atoms with Crippen LogP contribution in [-0.4, -0.2) is 49.7 Å². The molecule has 0 spiro atoms. The average Bonchev–Trinajstić information content (AvgIpc) is 3.07. The van der Waals surface area contributed by atoms with Gasteiger partial charge in [-0.05, 0) is 24.5 Å². The third-order valence-corrected chi connectivity index (χ3v) is 3.79. The van der Waals surface area contributed by atoms with E-state index in [0.717, 1.165) is 11.1 Å². The summed E-state index contributed by atoms with van der Waals surface area (Å²) in [4.78, 5) is 16.0. The van der Waals surface area contributed by atoms with Gasteiger partial charge in [0, 0.05) is 0 Å². The van der Waals surface area contributed by atoms with E-state index >= 15 is 0 Å². The maximum Gasteiger partial charge on any atom is 0.547 e. The van der Waals surface area contributed by atoms with Crippen molar-refractivity contribution in [2.24, 2.45) is 5.16 Å². The molecule has 1 amide bonds. The number of carbonyl (C=O) groups is 1. The molecule has 1 atom stereocenters. The fourth-order valence-electron chi connectivity index (χ4n) is 2.57. The van der Waals surface area contributed by atoms with Crippen LogP contribution < -0.4 is 9.97 Å². The van der Waals surface area contributed by atoms with Crippen LogP contribution in [0.5, 0.6) is 5.75 Å². The van der Waals surface area contributed by atoms with Gasteiger partial charge in [0.05, 0.1) is 12.5 Å². The molecule has 0 saturated heterocycles. The third-order valence-electron chi connectivity index (χ3n) is 3.79. The maximum atomic E-state index is 12.3. The van der Waals surface area contributed by atoms with Crippen LogP contribution in [0.15, 0.2) is 36.0 Å². The fraction of sp³-hybridized carbons (Fsp3) is 0.286. The molecule has 0 saturated carbocycles. The first-order valence-corrected chi connectivity index (χ1v) is 7.36. The van der Waals surface area contributed by atoms with Gasteiger partial charge in [-0.1, -0.05) is 23.4 Å². The van der Waals surface area contributed by atoms with E-state index in [1.165, 1.54) is 17.3 Å². The van der Waals surface area contributed by atoms with Crippen molar-refractivity contribution in [1.29, 1.82) is 0 Å². The summed E-state index contributed by atoms with van der Waals surface area (Å²) in [5, 5.41) is 28.7. The lowest BCUT2D eigenvalue weighted by Gasteiger charge is -2.29. The number of benzene rings is 1. The molecule has 2 heterocycles. The number of para-hydroxylation sites is 1. The summed E-state index contributed by atoms with van der Waals surface area (Å²) in [7, 11) is -1.19. The summed E-state index contributed by atoms with van der Waals surface area (Å²) in [6.45, 7) is 1.85. The van der Waals surface area contributed by atoms with Crippen molar-refractivity contribution >= 4 is 18.7 Å². The Balaban J connectivity index is 1.70. The van der Waals surface area contributed by atoms with E-state index in [1.807, 2.05) is 25.1 Å². The van der Waals surface area contributed by atoms with Crippen LogP contribution in [0.4, 0.5) is 0 Å². The van der Waals surface area contributed by atoms with Crippen LogP contribution in [0.3, 0.4) is 0 Å². The number of rotatable bonds is 4. The Labute approximate surface area is 138 Å². The predicted molar refractivity (Wildman–Crippen MR) is 84.7 cm³/mol. The second-order valence-corrected chi connectivity index (χ2v) is 5.50. The zero-order chi connectivity index (χ0) is 17.1. The number of oxime groups is 1. The van der Waals surface area contributed by atoms with Gasteiger partial charge in [-0.3, -0.25) is 4.79 Å². The summed E-state index contributed by atoms with van der Waals surface area (Å²) < 4.78 is 6.85. The summed E-state index contributed by atoms with van der Waals surface area (Å²) in [5.74, 6) is -0.634. The number of nitrogens with zero attached hydrogens (tertiary/aromatic N) is 4. The highest BCUT2D eigenvalue weighted by Crippen LogP contribution is 2.29. The maximum absolute atomic E-state index is 12.3. The van der Waals surface area contributed by atoms with E-state index < -0.39 is 19.0 Å². The molecule has 9 nitrogen and oxygen atoms in total. The van der Waals surface area contributed by atoms with E-state index in [0.29, 0.717) is 12.2 Å². The van der Waals surface area contributed by atoms with Crippen LogP contribution in [0, 0.1) is 6.92 Å². The minimum Gasteiger partial charge on any atom is -0.534 e. The molecule has 0 aliphatic carbocycles. The van der Waals surface area contributed by atoms with Crippen LogP contribution in [0.25, 0.3) is 0 Å². The Hall–Kier alpha value is -2.88. The molecule has 1 aliphatic rings. The van der Waals surface area contributed by atoms with Crippen LogP contribution in [0.2, 0.25) is 0 Å². The Morgan fingerprint density at radius 3 is 3.12 bits per heavy atom. The Kier molecular flexibility index (Phi) is 4.47. The Morgan fingerprint density at radius 2 is 2.42 bits per heavy atom. The van der Waals surface area contributed by atoms with Crippen molar-refractivity contribution in [1.82, 2.24) is 20.1 Å². The summed E-state index contributed by atoms with van der Waals surface area (Å²) >= 11 is 0. The molecule has 24 heavy (non-hydrogen) atoms. The standard InChI is InChI=1S/C14H16BN5O4/c1-9-3-2-4-10-5-12(15(22)24-13(9)10)18-14(21)11(19-23)6-20-8-16-7-17-20/h2-4,7-8,12,22-23H,5-6H2,1H3,(H,18,21)/b19-11-/t12-/m0/s1. The van der Waals surface area contributed by atoms with Gasteiger partial charge in [0.15, 0.2) is 5.71 Å². The monoisotopic (exact) mass is 329 g/mol. The fourth-order valence-corrected chi connectivity index (χ4v) is 2.57. The lowest BCUT2D eigenvalue weighted by molar-refractivity contribution is -0.115. The van der Waals surface area contributed by atoms with Crippen molar-refractivity contribution in [3.8, 4) is 5.75 Å². The minimum absolute atomic E-state index is 0.0400. The zero-order valence-electron chi connectivity index (χ0n) is 13.0. The van der Waals surface area contributed by atoms with Crippen molar-refractivity contribution in [2.75, 3.05) is 0 Å². The highest BCUT2D eigenvalue weighted by molar-refractivity contribution is 6.48. The van der Waals surface area contributed by atoms with Gasteiger partial charge in [0.1, 0.15) is 18.4 Å². The highest BCUT2D eigenvalue weighted by Gasteiger charge is 2.37. The number of carbonyl (C=O) groups excluding carboxylic acids is 1. The lowest BCUT2D eigenvalue weighted by Crippen LogP contribution is -2.54. The number of aryl methyl sites for hydroxylation is 1. The molecule has 0 bridgehead atoms. The predicted octanol–water partition coefficient (Wildman–Crippen LogP) is -0.444. The molecule has 0 fully saturated rings. The SMILES string of the molecule is Cc1cccc2c1OB(O)[C@@H](NC(=O)/C(Cn1cncn1)=N\O)C2. The number of fused-ring (bicyclic) bond motifs is 1. The average molecular weight is 329 g/mol. The van der Waals surface area contributed by atoms with Gasteiger partial charge >= 0.3 is 7.12 Å². The Morgan fingerprint density at radius 1 is 1.58 bits per heavy atom. The summed E-state index contributed by atoms with van der Waals surface area (Å²) in [5.41, 5.74) is 1.66. The first kappa shape index (κ1) is 16.0. The van der Waals surface area contributed by atoms with Crippen LogP contribution in [0.1, 0.15) is 11.1 Å². The van der Waals surface area contributed by atoms with E-state index in [1.54, 1.807) is 0 Å². The second kappa shape index (κ2) is 6.71. The number of aromatic nitrogens is 3. The lowest BCUT2D eigenvalue weighted by atomic mass is 9.72. The van der Waals surface area contributed by atoms with Crippen LogP contribution in [-0.2, 0) is 17.8 Å². The molecule has 0 radical (unpaired) electrons. The van der Waals surface area contributed by atoms with E-state index in [-0.39, 0.29) is 12.3 Å². The first-order chi connectivity index (χ1) is 11.6. The van der Waals surface area contributed by atoms with Crippen molar-refractivity contribution in [2.45, 2.75) is 25.8 Å². The van der Waals surface area contributed by atoms with E-state index in [9.17, 15) is 9.82 Å². The molecule has 3 rings (SSSR count). The molecule has 1 aromatic carbocycles. The number of amides is 1. The van der Waals surface area contributed by atoms with Gasteiger partial charge in [-0.25, -0.2) is 9.67 Å². The van der Waals surface area contributed by atoms with E-state index in [2.05, 4.69) is 20.6 Å². The minimum atomic E-state index is -1.19. The van der Waals surface area contributed by atoms with Gasteiger partial charge < -0.3 is 20.2 Å². The van der Waals surface area contributed by atoms with Crippen molar-refractivity contribution in [3.63, 3.8) is 0 Å². The third kappa shape index (κ3) is 3.23. The molecule has 0 unspecified atom stereocenters. The topological polar surface area (TPSA) is 122 Å². The van der Waals surface area contributed by atoms with Gasteiger partial charge in [-0.2, -0.15) is 5.10 Å². The van der Waals surface area contributed by atoms with Gasteiger partial charge in [0.25, 0.3) is 5.91 Å². The summed E-state index contributed by atoms with van der Waals surface area (Å²) in [6, 6.07) is 5.66. The zero-order valence-corrected chi connectivity index (χ0v) is 13.0. The number of nitrogens with one attached hydrogen (secondary N) is 1. The van der Waals surface area contributed by atoms with E-state index in [4.69, 9.17) is 9.86 Å². The largest absolute Gasteiger partial charge is 0.547 e. The molecule has 1 aromatic heterocycles. The molecule has 2 aromatic rings. The Bertz CT molecular complexity index is 765. The highest BCUT2D eigenvalue weighted by atomic mass is 16.5. The number of hydrogen-bond donors (Lipinski definition) is 3. The smallest absolute Gasteiger partial charge is 0.534 e. The van der Waals surface area contributed by atoms with Gasteiger partial charge in [0.2, 0.25) is 0 Å². The quantitative estimate of drug-likeness (QED) is 0.302. The molecule has 10 heteroatoms. The van der Waals surface area contributed by atoms with Crippen molar-refractivity contribution < 1.29 is 19.7 Å². The second-order valence-electron chi connectivity index (χ2n) is 5.50. The molecule has 3 N–H and O–H groups in total. The molecule has 124 valence electrons. The molecule has 1 aliphatic heterocycles. The molecular formula is C14H16BN5O4. The molecular weight excluding hydrogens is 313 g/mol. The van der Waals surface area contributed by atoms with Gasteiger partial charge in [-0.15, -0.1) is 0 Å². The van der Waals surface area contributed by atoms with Crippen molar-refractivity contribution in [3.05, 3.63) is 42.0 Å². The summed E-state index contributed by atoms with van der Waals surface area (Å²) in [6.07, 6.45) is 3.12. The number of hydrogen-bond acceptors (Lipinski definition) is 7. The van der Waals surface area contributed by atoms with Crippen LogP contribution >= 0.6 is 0 Å².